The van der Waals surface area contributed by atoms with E-state index in [9.17, 15) is 4.79 Å². The van der Waals surface area contributed by atoms with Crippen molar-refractivity contribution in [3.05, 3.63) is 90.5 Å². The van der Waals surface area contributed by atoms with Gasteiger partial charge in [0.25, 0.3) is 0 Å². The molecule has 0 aromatic heterocycles. The average molecular weight is 447 g/mol. The fraction of sp³-hybridized carbons (Fsp3) is 0.321. The molecule has 1 heterocycles. The van der Waals surface area contributed by atoms with Crippen molar-refractivity contribution in [2.45, 2.75) is 40.4 Å². The number of unbranched alkanes of at least 4 members (excludes halogenated alkanes) is 1. The van der Waals surface area contributed by atoms with Gasteiger partial charge in [0.05, 0.1) is 10.9 Å². The third-order valence-electron chi connectivity index (χ3n) is 6.17. The molecule has 4 rings (SSSR count). The van der Waals surface area contributed by atoms with Crippen LogP contribution >= 0.6 is 0 Å². The first-order valence-corrected chi connectivity index (χ1v) is 12.8. The Kier molecular flexibility index (Phi) is 8.16. The van der Waals surface area contributed by atoms with E-state index in [4.69, 9.17) is 5.11 Å². The highest BCUT2D eigenvalue weighted by Gasteiger charge is 2.30. The summed E-state index contributed by atoms with van der Waals surface area (Å²) in [5.74, 6) is 0.405. The van der Waals surface area contributed by atoms with E-state index in [1.807, 2.05) is 12.1 Å². The van der Waals surface area contributed by atoms with Crippen LogP contribution in [0.4, 0.5) is 0 Å². The summed E-state index contributed by atoms with van der Waals surface area (Å²) in [4.78, 5) is 19.4. The summed E-state index contributed by atoms with van der Waals surface area (Å²) in [6, 6.07) is 29.5. The van der Waals surface area contributed by atoms with E-state index in [2.05, 4.69) is 77.7 Å². The molecular weight excluding hydrogens is 414 g/mol. The van der Waals surface area contributed by atoms with Crippen molar-refractivity contribution in [3.63, 3.8) is 0 Å². The molecule has 1 N–H and O–H groups in total. The van der Waals surface area contributed by atoms with Gasteiger partial charge in [0.2, 0.25) is 0 Å². The number of ketones is 1. The number of carbonyl (C=O) groups is 1. The van der Waals surface area contributed by atoms with Crippen molar-refractivity contribution in [1.29, 1.82) is 0 Å². The highest BCUT2D eigenvalue weighted by molar-refractivity contribution is 7.97. The Morgan fingerprint density at radius 1 is 0.781 bits per heavy atom. The zero-order valence-corrected chi connectivity index (χ0v) is 19.3. The normalized spacial score (nSPS) is 15.2. The number of hydrogen-bond acceptors (Lipinski definition) is 3. The summed E-state index contributed by atoms with van der Waals surface area (Å²) in [6.07, 6.45) is 3.75. The van der Waals surface area contributed by atoms with E-state index in [0.29, 0.717) is 0 Å². The molecular formula is C28H32NO2S+. The van der Waals surface area contributed by atoms with Gasteiger partial charge in [-0.25, -0.2) is 0 Å². The highest BCUT2D eigenvalue weighted by atomic mass is 32.2. The van der Waals surface area contributed by atoms with Crippen LogP contribution < -0.4 is 0 Å². The fourth-order valence-corrected chi connectivity index (χ4v) is 6.46. The van der Waals surface area contributed by atoms with Gasteiger partial charge >= 0.3 is 0 Å². The number of rotatable bonds is 9. The predicted octanol–water partition coefficient (Wildman–Crippen LogP) is 5.45. The largest absolute Gasteiger partial charge is 0.396 e. The molecule has 32 heavy (non-hydrogen) atoms. The van der Waals surface area contributed by atoms with Crippen molar-refractivity contribution in [3.8, 4) is 0 Å². The number of likely N-dealkylation sites (tertiary alicyclic amines) is 1. The molecule has 0 amide bonds. The van der Waals surface area contributed by atoms with Gasteiger partial charge in [-0.1, -0.05) is 36.4 Å². The third-order valence-corrected chi connectivity index (χ3v) is 8.40. The average Bonchev–Trinajstić information content (AvgIpc) is 2.86. The van der Waals surface area contributed by atoms with Crippen molar-refractivity contribution in [2.24, 2.45) is 5.92 Å². The van der Waals surface area contributed by atoms with E-state index in [0.717, 1.165) is 50.9 Å². The molecule has 0 radical (unpaired) electrons. The Bertz CT molecular complexity index is 928. The number of benzene rings is 3. The second kappa shape index (κ2) is 11.5. The maximum Gasteiger partial charge on any atom is 0.166 e. The standard InChI is InChI=1S/C28H32NO2S/c30-22-8-7-19-29-20-17-24(18-21-29)28(31)23-13-15-27(16-14-23)32(25-9-3-1-4-10-25)26-11-5-2-6-12-26/h1-6,9-16,24,30H,7-8,17-22H2/q+1. The van der Waals surface area contributed by atoms with Gasteiger partial charge in [-0.15, -0.1) is 0 Å². The van der Waals surface area contributed by atoms with Crippen LogP contribution in [0.5, 0.6) is 0 Å². The van der Waals surface area contributed by atoms with Crippen LogP contribution in [0, 0.1) is 5.92 Å². The van der Waals surface area contributed by atoms with E-state index >= 15 is 0 Å². The van der Waals surface area contributed by atoms with Crippen LogP contribution in [0.2, 0.25) is 0 Å². The molecule has 1 fully saturated rings. The molecule has 1 aliphatic heterocycles. The third kappa shape index (κ3) is 5.69. The van der Waals surface area contributed by atoms with Crippen LogP contribution in [-0.4, -0.2) is 42.0 Å². The lowest BCUT2D eigenvalue weighted by atomic mass is 9.89. The van der Waals surface area contributed by atoms with Crippen LogP contribution in [0.25, 0.3) is 0 Å². The Hall–Kier alpha value is -2.40. The number of aliphatic hydroxyl groups is 1. The Morgan fingerprint density at radius 2 is 1.31 bits per heavy atom. The van der Waals surface area contributed by atoms with Crippen LogP contribution in [-0.2, 0) is 10.9 Å². The number of hydrogen-bond donors (Lipinski definition) is 1. The van der Waals surface area contributed by atoms with Crippen molar-refractivity contribution >= 4 is 16.7 Å². The zero-order valence-electron chi connectivity index (χ0n) is 18.5. The second-order valence-electron chi connectivity index (χ2n) is 8.37. The number of Topliss-reactive ketones (excluding diaryl/α,β-unsaturated/α-hetero) is 1. The summed E-state index contributed by atoms with van der Waals surface area (Å²) in [5, 5.41) is 8.96. The lowest BCUT2D eigenvalue weighted by Crippen LogP contribution is -2.37. The summed E-state index contributed by atoms with van der Waals surface area (Å²) in [6.45, 7) is 3.25. The van der Waals surface area contributed by atoms with E-state index in [-0.39, 0.29) is 29.2 Å². The summed E-state index contributed by atoms with van der Waals surface area (Å²) in [5.41, 5.74) is 0.831. The zero-order chi connectivity index (χ0) is 22.2. The lowest BCUT2D eigenvalue weighted by Gasteiger charge is -2.31. The first-order valence-electron chi connectivity index (χ1n) is 11.6. The van der Waals surface area contributed by atoms with E-state index in [1.54, 1.807) is 0 Å². The van der Waals surface area contributed by atoms with Gasteiger partial charge in [-0.3, -0.25) is 4.79 Å². The van der Waals surface area contributed by atoms with Gasteiger partial charge in [-0.2, -0.15) is 0 Å². The van der Waals surface area contributed by atoms with Gasteiger partial charge in [0, 0.05) is 18.1 Å². The minimum Gasteiger partial charge on any atom is -0.396 e. The number of aliphatic hydroxyl groups excluding tert-OH is 1. The van der Waals surface area contributed by atoms with Crippen LogP contribution in [0.3, 0.4) is 0 Å². The predicted molar refractivity (Wildman–Crippen MR) is 131 cm³/mol. The molecule has 0 atom stereocenters. The Balaban J connectivity index is 1.45. The SMILES string of the molecule is O=C(c1ccc([S+](c2ccccc2)c2ccccc2)cc1)C1CCN(CCCCO)CC1. The molecule has 3 nitrogen and oxygen atoms in total. The molecule has 166 valence electrons. The quantitative estimate of drug-likeness (QED) is 0.270. The molecule has 0 saturated carbocycles. The fourth-order valence-electron chi connectivity index (χ4n) is 4.38. The molecule has 3 aromatic carbocycles. The highest BCUT2D eigenvalue weighted by Crippen LogP contribution is 2.31. The number of nitrogens with zero attached hydrogens (tertiary/aromatic N) is 1. The summed E-state index contributed by atoms with van der Waals surface area (Å²) < 4.78 is 0. The molecule has 4 heteroatoms. The molecule has 0 unspecified atom stereocenters. The topological polar surface area (TPSA) is 40.5 Å². The first kappa shape index (κ1) is 22.8. The van der Waals surface area contributed by atoms with Gasteiger partial charge in [0.1, 0.15) is 0 Å². The molecule has 1 saturated heterocycles. The number of piperidine rings is 1. The van der Waals surface area contributed by atoms with Gasteiger partial charge in [0.15, 0.2) is 20.5 Å². The smallest absolute Gasteiger partial charge is 0.166 e. The monoisotopic (exact) mass is 446 g/mol. The molecule has 3 aromatic rings. The minimum atomic E-state index is -0.186. The van der Waals surface area contributed by atoms with Crippen LogP contribution in [0.15, 0.2) is 99.6 Å². The van der Waals surface area contributed by atoms with Crippen molar-refractivity contribution in [1.82, 2.24) is 4.90 Å². The summed E-state index contributed by atoms with van der Waals surface area (Å²) >= 11 is 0. The molecule has 0 aliphatic carbocycles. The molecule has 0 spiro atoms. The summed E-state index contributed by atoms with van der Waals surface area (Å²) in [7, 11) is -0.186. The Labute approximate surface area is 194 Å². The van der Waals surface area contributed by atoms with Crippen LogP contribution in [0.1, 0.15) is 36.0 Å². The first-order chi connectivity index (χ1) is 15.8. The number of carbonyl (C=O) groups excluding carboxylic acids is 1. The maximum atomic E-state index is 13.1. The van der Waals surface area contributed by atoms with Crippen molar-refractivity contribution in [2.75, 3.05) is 26.2 Å². The lowest BCUT2D eigenvalue weighted by molar-refractivity contribution is 0.0838. The minimum absolute atomic E-state index is 0.122. The Morgan fingerprint density at radius 3 is 1.84 bits per heavy atom. The van der Waals surface area contributed by atoms with Gasteiger partial charge < -0.3 is 10.0 Å². The second-order valence-corrected chi connectivity index (χ2v) is 10.4. The molecule has 1 aliphatic rings. The van der Waals surface area contributed by atoms with Crippen molar-refractivity contribution < 1.29 is 9.90 Å². The van der Waals surface area contributed by atoms with E-state index in [1.165, 1.54) is 14.7 Å². The molecule has 0 bridgehead atoms. The maximum absolute atomic E-state index is 13.1. The van der Waals surface area contributed by atoms with E-state index < -0.39 is 0 Å². The van der Waals surface area contributed by atoms with Gasteiger partial charge in [-0.05, 0) is 93.8 Å².